The number of hydrogen-bond donors (Lipinski definition) is 3. The van der Waals surface area contributed by atoms with Crippen LogP contribution in [0.25, 0.3) is 0 Å². The highest BCUT2D eigenvalue weighted by atomic mass is 19.4. The standard InChI is InChI=1S/C30H41F3N4O7/c1-19(35-24(38)17-37-11-13-42-14-12-37)26(40)36-29(27(34)41,16-21-7-9-22(10-8-21)44-30(31,32)33)23(15-20-5-3-4-6-20)25(39)28(2)18-43-28/h7-10,19-20,23H,3-6,11-18H2,1-2H3,(H2,34,41)(H,35,38)(H,36,40)/t19-,23+,28+,29?/m0/s1. The van der Waals surface area contributed by atoms with Crippen LogP contribution >= 0.6 is 0 Å². The lowest BCUT2D eigenvalue weighted by Crippen LogP contribution is -2.68. The van der Waals surface area contributed by atoms with Crippen LogP contribution in [0.5, 0.6) is 5.75 Å². The van der Waals surface area contributed by atoms with E-state index >= 15 is 0 Å². The molecule has 1 aromatic carbocycles. The topological polar surface area (TPSA) is 153 Å². The molecule has 4 rings (SSSR count). The molecule has 2 heterocycles. The van der Waals surface area contributed by atoms with Crippen molar-refractivity contribution in [3.63, 3.8) is 0 Å². The monoisotopic (exact) mass is 626 g/mol. The molecule has 44 heavy (non-hydrogen) atoms. The molecule has 11 nitrogen and oxygen atoms in total. The number of morpholine rings is 1. The maximum absolute atomic E-state index is 14.0. The van der Waals surface area contributed by atoms with Gasteiger partial charge in [-0.15, -0.1) is 13.2 Å². The van der Waals surface area contributed by atoms with Gasteiger partial charge in [0.25, 0.3) is 0 Å². The minimum Gasteiger partial charge on any atom is -0.406 e. The van der Waals surface area contributed by atoms with E-state index in [2.05, 4.69) is 15.4 Å². The molecule has 1 aromatic rings. The van der Waals surface area contributed by atoms with Crippen molar-refractivity contribution in [2.45, 2.75) is 75.9 Å². The highest BCUT2D eigenvalue weighted by Crippen LogP contribution is 2.41. The van der Waals surface area contributed by atoms with Gasteiger partial charge in [0.15, 0.2) is 5.78 Å². The van der Waals surface area contributed by atoms with Gasteiger partial charge in [-0.3, -0.25) is 24.1 Å². The quantitative estimate of drug-likeness (QED) is 0.265. The molecule has 0 spiro atoms. The number of epoxide rings is 1. The first-order chi connectivity index (χ1) is 20.7. The Morgan fingerprint density at radius 3 is 2.27 bits per heavy atom. The van der Waals surface area contributed by atoms with Crippen LogP contribution < -0.4 is 21.1 Å². The first-order valence-electron chi connectivity index (χ1n) is 14.9. The minimum atomic E-state index is -4.90. The van der Waals surface area contributed by atoms with Crippen molar-refractivity contribution in [2.75, 3.05) is 39.5 Å². The Balaban J connectivity index is 1.63. The van der Waals surface area contributed by atoms with Crippen LogP contribution in [0.15, 0.2) is 24.3 Å². The van der Waals surface area contributed by atoms with Gasteiger partial charge in [0.1, 0.15) is 22.9 Å². The normalized spacial score (nSPS) is 23.7. The van der Waals surface area contributed by atoms with Gasteiger partial charge in [0.05, 0.1) is 32.3 Å². The van der Waals surface area contributed by atoms with Gasteiger partial charge in [-0.25, -0.2) is 0 Å². The summed E-state index contributed by atoms with van der Waals surface area (Å²) in [5, 5.41) is 5.39. The first kappa shape index (κ1) is 33.7. The molecule has 0 radical (unpaired) electrons. The number of hydrogen-bond acceptors (Lipinski definition) is 8. The number of ketones is 1. The van der Waals surface area contributed by atoms with Crippen LogP contribution in [0.4, 0.5) is 13.2 Å². The number of rotatable bonds is 14. The lowest BCUT2D eigenvalue weighted by atomic mass is 9.69. The highest BCUT2D eigenvalue weighted by molar-refractivity contribution is 6.01. The third-order valence-corrected chi connectivity index (χ3v) is 8.72. The van der Waals surface area contributed by atoms with Crippen molar-refractivity contribution in [3.8, 4) is 5.75 Å². The molecule has 1 aliphatic carbocycles. The number of Topliss-reactive ketones (excluding diaryl/α,β-unsaturated/α-hetero) is 1. The zero-order valence-corrected chi connectivity index (χ0v) is 25.0. The summed E-state index contributed by atoms with van der Waals surface area (Å²) in [4.78, 5) is 55.8. The maximum Gasteiger partial charge on any atom is 0.573 e. The van der Waals surface area contributed by atoms with Gasteiger partial charge >= 0.3 is 6.36 Å². The van der Waals surface area contributed by atoms with E-state index in [1.54, 1.807) is 6.92 Å². The van der Waals surface area contributed by atoms with Crippen LogP contribution in [-0.4, -0.2) is 91.4 Å². The number of carbonyl (C=O) groups is 4. The second-order valence-electron chi connectivity index (χ2n) is 12.2. The van der Waals surface area contributed by atoms with Crippen LogP contribution in [0.2, 0.25) is 0 Å². The van der Waals surface area contributed by atoms with Crippen LogP contribution in [0.3, 0.4) is 0 Å². The molecular weight excluding hydrogens is 585 g/mol. The number of carbonyl (C=O) groups excluding carboxylic acids is 4. The van der Waals surface area contributed by atoms with E-state index in [0.29, 0.717) is 31.9 Å². The minimum absolute atomic E-state index is 0.0484. The third kappa shape index (κ3) is 8.69. The Labute approximate surface area is 254 Å². The van der Waals surface area contributed by atoms with Crippen molar-refractivity contribution in [1.29, 1.82) is 0 Å². The molecule has 3 fully saturated rings. The summed E-state index contributed by atoms with van der Waals surface area (Å²) >= 11 is 0. The van der Waals surface area contributed by atoms with Crippen molar-refractivity contribution >= 4 is 23.5 Å². The van der Waals surface area contributed by atoms with Gasteiger partial charge in [-0.1, -0.05) is 37.8 Å². The van der Waals surface area contributed by atoms with Gasteiger partial charge < -0.3 is 30.6 Å². The predicted octanol–water partition coefficient (Wildman–Crippen LogP) is 1.86. The second-order valence-corrected chi connectivity index (χ2v) is 12.2. The van der Waals surface area contributed by atoms with Crippen LogP contribution in [-0.2, 0) is 35.1 Å². The number of halogens is 3. The van der Waals surface area contributed by atoms with E-state index in [1.807, 2.05) is 4.90 Å². The number of ether oxygens (including phenoxy) is 3. The summed E-state index contributed by atoms with van der Waals surface area (Å²) in [5.74, 6) is -3.97. The Hall–Kier alpha value is -3.23. The molecule has 3 aliphatic rings. The predicted molar refractivity (Wildman–Crippen MR) is 151 cm³/mol. The number of amides is 3. The van der Waals surface area contributed by atoms with Gasteiger partial charge in [-0.2, -0.15) is 0 Å². The van der Waals surface area contributed by atoms with Crippen LogP contribution in [0, 0.1) is 11.8 Å². The summed E-state index contributed by atoms with van der Waals surface area (Å²) in [6.07, 6.45) is -1.33. The number of nitrogens with one attached hydrogen (secondary N) is 2. The van der Waals surface area contributed by atoms with E-state index in [9.17, 15) is 32.3 Å². The summed E-state index contributed by atoms with van der Waals surface area (Å²) in [6, 6.07) is 3.73. The van der Waals surface area contributed by atoms with E-state index in [-0.39, 0.29) is 37.7 Å². The maximum atomic E-state index is 14.0. The largest absolute Gasteiger partial charge is 0.573 e. The fourth-order valence-electron chi connectivity index (χ4n) is 6.08. The molecule has 4 N–H and O–H groups in total. The zero-order chi connectivity index (χ0) is 32.1. The Bertz CT molecular complexity index is 1200. The molecule has 4 atom stereocenters. The van der Waals surface area contributed by atoms with Crippen molar-refractivity contribution < 1.29 is 46.6 Å². The smallest absolute Gasteiger partial charge is 0.406 e. The molecule has 0 bridgehead atoms. The second kappa shape index (κ2) is 13.8. The fraction of sp³-hybridized carbons (Fsp3) is 0.667. The summed E-state index contributed by atoms with van der Waals surface area (Å²) in [6.45, 7) is 5.39. The van der Waals surface area contributed by atoms with Crippen molar-refractivity contribution in [2.24, 2.45) is 17.6 Å². The van der Waals surface area contributed by atoms with Crippen LogP contribution in [0.1, 0.15) is 51.5 Å². The first-order valence-corrected chi connectivity index (χ1v) is 14.9. The lowest BCUT2D eigenvalue weighted by molar-refractivity contribution is -0.274. The molecule has 1 unspecified atom stereocenters. The Morgan fingerprint density at radius 2 is 1.73 bits per heavy atom. The van der Waals surface area contributed by atoms with Crippen molar-refractivity contribution in [1.82, 2.24) is 15.5 Å². The molecule has 2 aliphatic heterocycles. The molecular formula is C30H41F3N4O7. The lowest BCUT2D eigenvalue weighted by Gasteiger charge is -2.40. The molecule has 1 saturated carbocycles. The number of primary amides is 1. The summed E-state index contributed by atoms with van der Waals surface area (Å²) in [5.41, 5.74) is 3.27. The van der Waals surface area contributed by atoms with E-state index in [1.165, 1.54) is 19.1 Å². The molecule has 14 heteroatoms. The number of nitrogens with two attached hydrogens (primary N) is 1. The molecule has 244 valence electrons. The number of benzene rings is 1. The zero-order valence-electron chi connectivity index (χ0n) is 25.0. The summed E-state index contributed by atoms with van der Waals surface area (Å²) in [7, 11) is 0. The van der Waals surface area contributed by atoms with E-state index < -0.39 is 52.9 Å². The van der Waals surface area contributed by atoms with Gasteiger partial charge in [0.2, 0.25) is 17.7 Å². The Morgan fingerprint density at radius 1 is 1.11 bits per heavy atom. The average molecular weight is 627 g/mol. The number of nitrogens with zero attached hydrogens (tertiary/aromatic N) is 1. The molecule has 0 aromatic heterocycles. The Kier molecular flexibility index (Phi) is 10.6. The third-order valence-electron chi connectivity index (χ3n) is 8.72. The van der Waals surface area contributed by atoms with Crippen molar-refractivity contribution in [3.05, 3.63) is 29.8 Å². The van der Waals surface area contributed by atoms with E-state index in [0.717, 1.165) is 37.8 Å². The fourth-order valence-corrected chi connectivity index (χ4v) is 6.08. The van der Waals surface area contributed by atoms with Gasteiger partial charge in [-0.05, 0) is 43.9 Å². The highest BCUT2D eigenvalue weighted by Gasteiger charge is 2.58. The molecule has 3 amide bonds. The van der Waals surface area contributed by atoms with Gasteiger partial charge in [0, 0.05) is 19.5 Å². The SMILES string of the molecule is C[C@H](NC(=O)CN1CCOCC1)C(=O)NC(Cc1ccc(OC(F)(F)F)cc1)(C(N)=O)[C@H](CC1CCCC1)C(=O)[C@@]1(C)CO1. The number of alkyl halides is 3. The average Bonchev–Trinajstić information content (AvgIpc) is 3.49. The van der Waals surface area contributed by atoms with E-state index in [4.69, 9.17) is 15.2 Å². The molecule has 2 saturated heterocycles. The summed E-state index contributed by atoms with van der Waals surface area (Å²) < 4.78 is 53.0.